The summed E-state index contributed by atoms with van der Waals surface area (Å²) < 4.78 is 25.9. The predicted octanol–water partition coefficient (Wildman–Crippen LogP) is 4.30. The smallest absolute Gasteiger partial charge is 0.262 e. The summed E-state index contributed by atoms with van der Waals surface area (Å²) in [6.07, 6.45) is 0.745. The van der Waals surface area contributed by atoms with Gasteiger partial charge in [0.15, 0.2) is 5.16 Å². The molecule has 7 nitrogen and oxygen atoms in total. The van der Waals surface area contributed by atoms with Crippen LogP contribution in [0.2, 0.25) is 0 Å². The molecule has 154 valence electrons. The molecule has 0 saturated heterocycles. The molecule has 0 aliphatic carbocycles. The molecule has 9 heteroatoms. The van der Waals surface area contributed by atoms with Crippen LogP contribution in [0.5, 0.6) is 5.75 Å². The van der Waals surface area contributed by atoms with Crippen LogP contribution in [-0.2, 0) is 12.3 Å². The first-order chi connectivity index (χ1) is 14.6. The zero-order valence-electron chi connectivity index (χ0n) is 16.5. The van der Waals surface area contributed by atoms with Crippen molar-refractivity contribution >= 4 is 22.7 Å². The molecular formula is C21H19FN4O3S. The fraction of sp³-hybridized carbons (Fsp3) is 0.238. The Kier molecular flexibility index (Phi) is 5.80. The normalized spacial score (nSPS) is 11.2. The second kappa shape index (κ2) is 8.66. The van der Waals surface area contributed by atoms with Crippen molar-refractivity contribution in [2.24, 2.45) is 0 Å². The first-order valence-electron chi connectivity index (χ1n) is 9.39. The fourth-order valence-electron chi connectivity index (χ4n) is 3.08. The number of aromatic nitrogens is 4. The molecule has 2 aromatic carbocycles. The van der Waals surface area contributed by atoms with E-state index in [1.165, 1.54) is 30.0 Å². The number of hydrogen-bond acceptors (Lipinski definition) is 7. The van der Waals surface area contributed by atoms with E-state index in [1.807, 2.05) is 31.2 Å². The fourth-order valence-corrected chi connectivity index (χ4v) is 3.95. The second-order valence-corrected chi connectivity index (χ2v) is 7.46. The summed E-state index contributed by atoms with van der Waals surface area (Å²) in [6, 6.07) is 11.4. The third-order valence-corrected chi connectivity index (χ3v) is 5.43. The van der Waals surface area contributed by atoms with Crippen molar-refractivity contribution in [3.05, 3.63) is 64.5 Å². The highest BCUT2D eigenvalue weighted by atomic mass is 32.2. The molecule has 0 bridgehead atoms. The van der Waals surface area contributed by atoms with Gasteiger partial charge in [0.1, 0.15) is 11.6 Å². The van der Waals surface area contributed by atoms with Gasteiger partial charge in [0.05, 0.1) is 29.3 Å². The molecule has 0 unspecified atom stereocenters. The zero-order chi connectivity index (χ0) is 21.1. The maximum atomic E-state index is 13.6. The Hall–Kier alpha value is -3.20. The maximum absolute atomic E-state index is 13.6. The van der Waals surface area contributed by atoms with Crippen molar-refractivity contribution in [1.82, 2.24) is 19.7 Å². The van der Waals surface area contributed by atoms with E-state index in [4.69, 9.17) is 9.26 Å². The number of ether oxygens (including phenoxy) is 1. The van der Waals surface area contributed by atoms with Crippen LogP contribution in [0.1, 0.15) is 19.2 Å². The van der Waals surface area contributed by atoms with Gasteiger partial charge in [-0.3, -0.25) is 9.36 Å². The molecule has 0 aliphatic rings. The molecule has 0 saturated carbocycles. The van der Waals surface area contributed by atoms with E-state index in [-0.39, 0.29) is 10.9 Å². The molecule has 30 heavy (non-hydrogen) atoms. The molecule has 0 atom stereocenters. The van der Waals surface area contributed by atoms with Crippen molar-refractivity contribution < 1.29 is 13.7 Å². The Balaban J connectivity index is 1.62. The van der Waals surface area contributed by atoms with Crippen molar-refractivity contribution in [1.29, 1.82) is 0 Å². The van der Waals surface area contributed by atoms with E-state index in [1.54, 1.807) is 11.7 Å². The van der Waals surface area contributed by atoms with Crippen molar-refractivity contribution in [3.8, 4) is 17.1 Å². The van der Waals surface area contributed by atoms with Crippen molar-refractivity contribution in [2.45, 2.75) is 30.8 Å². The number of fused-ring (bicyclic) bond motifs is 1. The molecule has 0 aliphatic heterocycles. The minimum absolute atomic E-state index is 0.260. The Bertz CT molecular complexity index is 1250. The number of halogens is 1. The minimum Gasteiger partial charge on any atom is -0.496 e. The van der Waals surface area contributed by atoms with E-state index in [9.17, 15) is 9.18 Å². The zero-order valence-corrected chi connectivity index (χ0v) is 17.3. The monoisotopic (exact) mass is 426 g/mol. The van der Waals surface area contributed by atoms with Crippen molar-refractivity contribution in [2.75, 3.05) is 7.11 Å². The third kappa shape index (κ3) is 3.93. The van der Waals surface area contributed by atoms with Gasteiger partial charge in [0.25, 0.3) is 5.56 Å². The van der Waals surface area contributed by atoms with Crippen LogP contribution in [0.3, 0.4) is 0 Å². The average Bonchev–Trinajstić information content (AvgIpc) is 3.24. The van der Waals surface area contributed by atoms with Crippen LogP contribution in [0.25, 0.3) is 22.3 Å². The largest absolute Gasteiger partial charge is 0.496 e. The van der Waals surface area contributed by atoms with E-state index in [0.717, 1.165) is 12.0 Å². The number of benzene rings is 2. The lowest BCUT2D eigenvalue weighted by Gasteiger charge is -2.11. The van der Waals surface area contributed by atoms with Crippen LogP contribution in [0.15, 0.2) is 56.9 Å². The molecule has 4 aromatic rings. The highest BCUT2D eigenvalue weighted by molar-refractivity contribution is 7.98. The van der Waals surface area contributed by atoms with Gasteiger partial charge in [0.2, 0.25) is 11.7 Å². The quantitative estimate of drug-likeness (QED) is 0.322. The number of hydrogen-bond donors (Lipinski definition) is 0. The predicted molar refractivity (Wildman–Crippen MR) is 112 cm³/mol. The van der Waals surface area contributed by atoms with Gasteiger partial charge < -0.3 is 9.26 Å². The molecule has 0 fully saturated rings. The Morgan fingerprint density at radius 1 is 1.20 bits per heavy atom. The van der Waals surface area contributed by atoms with Gasteiger partial charge in [-0.15, -0.1) is 0 Å². The number of methoxy groups -OCH3 is 1. The SMILES string of the molecule is CCCn1c(SCc2nc(-c3ccccc3OC)no2)nc2ccc(F)cc2c1=O. The van der Waals surface area contributed by atoms with Gasteiger partial charge in [-0.05, 0) is 36.8 Å². The van der Waals surface area contributed by atoms with Gasteiger partial charge in [-0.1, -0.05) is 36.0 Å². The van der Waals surface area contributed by atoms with Crippen LogP contribution < -0.4 is 10.3 Å². The average molecular weight is 426 g/mol. The number of nitrogens with zero attached hydrogens (tertiary/aromatic N) is 4. The summed E-state index contributed by atoms with van der Waals surface area (Å²) in [4.78, 5) is 21.8. The molecule has 0 radical (unpaired) electrons. The van der Waals surface area contributed by atoms with Crippen LogP contribution in [0, 0.1) is 5.82 Å². The number of thioether (sulfide) groups is 1. The van der Waals surface area contributed by atoms with Gasteiger partial charge >= 0.3 is 0 Å². The lowest BCUT2D eigenvalue weighted by atomic mass is 10.2. The molecular weight excluding hydrogens is 407 g/mol. The first kappa shape index (κ1) is 20.1. The first-order valence-corrected chi connectivity index (χ1v) is 10.4. The van der Waals surface area contributed by atoms with Crippen molar-refractivity contribution in [3.63, 3.8) is 0 Å². The summed E-state index contributed by atoms with van der Waals surface area (Å²) in [6.45, 7) is 2.45. The van der Waals surface area contributed by atoms with E-state index in [0.29, 0.717) is 40.4 Å². The highest BCUT2D eigenvalue weighted by Crippen LogP contribution is 2.28. The number of rotatable bonds is 7. The summed E-state index contributed by atoms with van der Waals surface area (Å²) in [5.74, 6) is 1.36. The second-order valence-electron chi connectivity index (χ2n) is 6.51. The van der Waals surface area contributed by atoms with E-state index < -0.39 is 5.82 Å². The van der Waals surface area contributed by atoms with Gasteiger partial charge in [0, 0.05) is 6.54 Å². The van der Waals surface area contributed by atoms with E-state index in [2.05, 4.69) is 15.1 Å². The van der Waals surface area contributed by atoms with E-state index >= 15 is 0 Å². The van der Waals surface area contributed by atoms with Gasteiger partial charge in [-0.2, -0.15) is 4.98 Å². The molecule has 4 rings (SSSR count). The summed E-state index contributed by atoms with van der Waals surface area (Å²) >= 11 is 1.32. The number of para-hydroxylation sites is 1. The summed E-state index contributed by atoms with van der Waals surface area (Å²) in [5, 5.41) is 4.83. The molecule has 0 spiro atoms. The Morgan fingerprint density at radius 3 is 2.83 bits per heavy atom. The highest BCUT2D eigenvalue weighted by Gasteiger charge is 2.16. The minimum atomic E-state index is -0.459. The standard InChI is InChI=1S/C21H19FN4O3S/c1-3-10-26-20(27)15-11-13(22)8-9-16(15)23-21(26)30-12-18-24-19(25-29-18)14-6-4-5-7-17(14)28-2/h4-9,11H,3,10,12H2,1-2H3. The summed E-state index contributed by atoms with van der Waals surface area (Å²) in [7, 11) is 1.58. The van der Waals surface area contributed by atoms with Crippen LogP contribution >= 0.6 is 11.8 Å². The van der Waals surface area contributed by atoms with Crippen LogP contribution in [0.4, 0.5) is 4.39 Å². The topological polar surface area (TPSA) is 83.0 Å². The Morgan fingerprint density at radius 2 is 2.03 bits per heavy atom. The third-order valence-electron chi connectivity index (χ3n) is 4.47. The van der Waals surface area contributed by atoms with Gasteiger partial charge in [-0.25, -0.2) is 9.37 Å². The lowest BCUT2D eigenvalue weighted by Crippen LogP contribution is -2.23. The molecule has 0 amide bonds. The van der Waals surface area contributed by atoms with Crippen LogP contribution in [-0.4, -0.2) is 26.8 Å². The maximum Gasteiger partial charge on any atom is 0.262 e. The molecule has 2 aromatic heterocycles. The molecule has 0 N–H and O–H groups in total. The summed E-state index contributed by atoms with van der Waals surface area (Å²) in [5.41, 5.74) is 0.925. The Labute approximate surface area is 175 Å². The lowest BCUT2D eigenvalue weighted by molar-refractivity contribution is 0.390. The molecule has 2 heterocycles.